The van der Waals surface area contributed by atoms with Gasteiger partial charge in [0.2, 0.25) is 5.91 Å². The highest BCUT2D eigenvalue weighted by molar-refractivity contribution is 5.83. The van der Waals surface area contributed by atoms with Gasteiger partial charge in [-0.15, -0.1) is 0 Å². The van der Waals surface area contributed by atoms with Crippen molar-refractivity contribution in [2.24, 2.45) is 23.7 Å². The molecule has 0 radical (unpaired) electrons. The maximum Gasteiger partial charge on any atom is 0.226 e. The smallest absolute Gasteiger partial charge is 0.226 e. The van der Waals surface area contributed by atoms with Gasteiger partial charge in [-0.2, -0.15) is 0 Å². The van der Waals surface area contributed by atoms with Crippen LogP contribution in [-0.2, 0) is 4.79 Å². The van der Waals surface area contributed by atoms with E-state index in [1.165, 1.54) is 25.7 Å². The predicted molar refractivity (Wildman–Crippen MR) is 56.1 cm³/mol. The summed E-state index contributed by atoms with van der Waals surface area (Å²) in [4.78, 5) is 14.0. The van der Waals surface area contributed by atoms with E-state index in [-0.39, 0.29) is 6.61 Å². The summed E-state index contributed by atoms with van der Waals surface area (Å²) in [6.07, 6.45) is 5.20. The fourth-order valence-electron chi connectivity index (χ4n) is 3.43. The van der Waals surface area contributed by atoms with E-state index in [1.54, 1.807) is 0 Å². The molecule has 0 bridgehead atoms. The number of hydrogen-bond donors (Lipinski definition) is 1. The molecular formula is C12H19NO2. The van der Waals surface area contributed by atoms with Crippen molar-refractivity contribution in [2.75, 3.05) is 19.7 Å². The predicted octanol–water partition coefficient (Wildman–Crippen LogP) is 0.873. The highest BCUT2D eigenvalue weighted by atomic mass is 16.3. The van der Waals surface area contributed by atoms with Gasteiger partial charge < -0.3 is 10.0 Å². The molecule has 3 nitrogen and oxygen atoms in total. The number of fused-ring (bicyclic) bond motifs is 1. The van der Waals surface area contributed by atoms with Crippen LogP contribution in [0.15, 0.2) is 0 Å². The van der Waals surface area contributed by atoms with Crippen LogP contribution in [0.3, 0.4) is 0 Å². The number of rotatable bonds is 2. The first-order valence-electron chi connectivity index (χ1n) is 6.21. The molecule has 2 atom stereocenters. The molecule has 1 amide bonds. The van der Waals surface area contributed by atoms with Gasteiger partial charge in [-0.25, -0.2) is 0 Å². The molecule has 1 aliphatic heterocycles. The van der Waals surface area contributed by atoms with Crippen molar-refractivity contribution in [3.05, 3.63) is 0 Å². The van der Waals surface area contributed by atoms with Crippen LogP contribution in [0.5, 0.6) is 0 Å². The van der Waals surface area contributed by atoms with E-state index in [9.17, 15) is 4.79 Å². The molecule has 15 heavy (non-hydrogen) atoms. The topological polar surface area (TPSA) is 40.5 Å². The Balaban J connectivity index is 1.54. The molecule has 2 unspecified atom stereocenters. The third kappa shape index (κ3) is 1.48. The zero-order valence-corrected chi connectivity index (χ0v) is 9.06. The molecule has 3 rings (SSSR count). The zero-order valence-electron chi connectivity index (χ0n) is 9.06. The van der Waals surface area contributed by atoms with Crippen molar-refractivity contribution in [2.45, 2.75) is 25.7 Å². The quantitative estimate of drug-likeness (QED) is 0.733. The van der Waals surface area contributed by atoms with Crippen LogP contribution in [0, 0.1) is 23.7 Å². The van der Waals surface area contributed by atoms with Gasteiger partial charge in [-0.1, -0.05) is 12.8 Å². The Morgan fingerprint density at radius 2 is 1.80 bits per heavy atom. The van der Waals surface area contributed by atoms with Crippen molar-refractivity contribution in [3.63, 3.8) is 0 Å². The van der Waals surface area contributed by atoms with Gasteiger partial charge in [0.05, 0.1) is 0 Å². The Morgan fingerprint density at radius 3 is 2.33 bits per heavy atom. The lowest BCUT2D eigenvalue weighted by Crippen LogP contribution is -2.52. The second kappa shape index (κ2) is 3.48. The van der Waals surface area contributed by atoms with Gasteiger partial charge in [0.1, 0.15) is 0 Å². The van der Waals surface area contributed by atoms with Gasteiger partial charge in [0.15, 0.2) is 0 Å². The van der Waals surface area contributed by atoms with Gasteiger partial charge in [0.25, 0.3) is 0 Å². The summed E-state index contributed by atoms with van der Waals surface area (Å²) in [5.74, 6) is 2.55. The fraction of sp³-hybridized carbons (Fsp3) is 0.917. The van der Waals surface area contributed by atoms with Crippen LogP contribution >= 0.6 is 0 Å². The van der Waals surface area contributed by atoms with Crippen LogP contribution in [0.2, 0.25) is 0 Å². The first kappa shape index (κ1) is 9.64. The second-order valence-electron chi connectivity index (χ2n) is 5.43. The molecular weight excluding hydrogens is 190 g/mol. The minimum absolute atomic E-state index is 0.237. The van der Waals surface area contributed by atoms with E-state index >= 15 is 0 Å². The largest absolute Gasteiger partial charge is 0.396 e. The number of carbonyl (C=O) groups excluding carboxylic acids is 1. The van der Waals surface area contributed by atoms with Crippen LogP contribution in [0.25, 0.3) is 0 Å². The van der Waals surface area contributed by atoms with Gasteiger partial charge in [-0.05, 0) is 24.7 Å². The van der Waals surface area contributed by atoms with Crippen LogP contribution in [-0.4, -0.2) is 35.6 Å². The summed E-state index contributed by atoms with van der Waals surface area (Å²) in [6.45, 7) is 1.83. The highest BCUT2D eigenvalue weighted by Crippen LogP contribution is 2.56. The summed E-state index contributed by atoms with van der Waals surface area (Å²) in [7, 11) is 0. The summed E-state index contributed by atoms with van der Waals surface area (Å²) < 4.78 is 0. The summed E-state index contributed by atoms with van der Waals surface area (Å²) in [5.41, 5.74) is 0. The molecule has 1 saturated heterocycles. The minimum atomic E-state index is 0.237. The van der Waals surface area contributed by atoms with Crippen LogP contribution in [0.4, 0.5) is 0 Å². The molecule has 0 spiro atoms. The standard InChI is InChI=1S/C12H19NO2/c14-7-8-5-13(6-8)12(15)11-9-3-1-2-4-10(9)11/h8-11,14H,1-7H2. The number of amides is 1. The second-order valence-corrected chi connectivity index (χ2v) is 5.43. The van der Waals surface area contributed by atoms with E-state index < -0.39 is 0 Å². The fourth-order valence-corrected chi connectivity index (χ4v) is 3.43. The number of aliphatic hydroxyl groups is 1. The lowest BCUT2D eigenvalue weighted by Gasteiger charge is -2.38. The Kier molecular flexibility index (Phi) is 2.23. The Labute approximate surface area is 90.5 Å². The Hall–Kier alpha value is -0.570. The first-order valence-corrected chi connectivity index (χ1v) is 6.21. The Bertz CT molecular complexity index is 261. The van der Waals surface area contributed by atoms with E-state index in [0.717, 1.165) is 24.9 Å². The van der Waals surface area contributed by atoms with Crippen molar-refractivity contribution in [1.29, 1.82) is 0 Å². The molecule has 1 N–H and O–H groups in total. The third-order valence-corrected chi connectivity index (χ3v) is 4.47. The molecule has 2 aliphatic carbocycles. The third-order valence-electron chi connectivity index (χ3n) is 4.47. The minimum Gasteiger partial charge on any atom is -0.396 e. The average Bonchev–Trinajstić information content (AvgIpc) is 2.89. The van der Waals surface area contributed by atoms with Crippen LogP contribution < -0.4 is 0 Å². The number of aliphatic hydroxyl groups excluding tert-OH is 1. The lowest BCUT2D eigenvalue weighted by molar-refractivity contribution is -0.140. The normalized spacial score (nSPS) is 39.5. The molecule has 3 fully saturated rings. The van der Waals surface area contributed by atoms with E-state index in [2.05, 4.69) is 0 Å². The number of nitrogens with zero attached hydrogens (tertiary/aromatic N) is 1. The first-order chi connectivity index (χ1) is 7.31. The molecule has 0 aromatic carbocycles. The number of carbonyl (C=O) groups is 1. The zero-order chi connectivity index (χ0) is 10.4. The lowest BCUT2D eigenvalue weighted by atomic mass is 10.0. The summed E-state index contributed by atoms with van der Waals surface area (Å²) in [5, 5.41) is 8.91. The molecule has 0 aromatic rings. The van der Waals surface area contributed by atoms with Gasteiger partial charge in [0, 0.05) is 31.5 Å². The monoisotopic (exact) mass is 209 g/mol. The molecule has 0 aromatic heterocycles. The molecule has 2 saturated carbocycles. The van der Waals surface area contributed by atoms with Crippen molar-refractivity contribution < 1.29 is 9.90 Å². The van der Waals surface area contributed by atoms with Crippen molar-refractivity contribution >= 4 is 5.91 Å². The summed E-state index contributed by atoms with van der Waals surface area (Å²) in [6, 6.07) is 0. The maximum absolute atomic E-state index is 12.1. The van der Waals surface area contributed by atoms with E-state index in [1.807, 2.05) is 4.90 Å². The van der Waals surface area contributed by atoms with Gasteiger partial charge >= 0.3 is 0 Å². The van der Waals surface area contributed by atoms with E-state index in [0.29, 0.717) is 17.7 Å². The average molecular weight is 209 g/mol. The van der Waals surface area contributed by atoms with Crippen molar-refractivity contribution in [3.8, 4) is 0 Å². The molecule has 3 aliphatic rings. The SMILES string of the molecule is O=C(C1C2CCCCC21)N1CC(CO)C1. The molecule has 84 valence electrons. The number of likely N-dealkylation sites (tertiary alicyclic amines) is 1. The molecule has 3 heteroatoms. The van der Waals surface area contributed by atoms with Crippen molar-refractivity contribution in [1.82, 2.24) is 4.90 Å². The molecule has 1 heterocycles. The highest BCUT2D eigenvalue weighted by Gasteiger charge is 2.56. The maximum atomic E-state index is 12.1. The van der Waals surface area contributed by atoms with E-state index in [4.69, 9.17) is 5.11 Å². The summed E-state index contributed by atoms with van der Waals surface area (Å²) >= 11 is 0. The number of hydrogen-bond acceptors (Lipinski definition) is 2. The Morgan fingerprint density at radius 1 is 1.20 bits per heavy atom. The van der Waals surface area contributed by atoms with Crippen LogP contribution in [0.1, 0.15) is 25.7 Å². The van der Waals surface area contributed by atoms with Gasteiger partial charge in [-0.3, -0.25) is 4.79 Å².